The van der Waals surface area contributed by atoms with E-state index in [-0.39, 0.29) is 19.1 Å². The summed E-state index contributed by atoms with van der Waals surface area (Å²) in [7, 11) is 0. The molecule has 7 heteroatoms. The Morgan fingerprint density at radius 2 is 0.755 bits per heavy atom. The van der Waals surface area contributed by atoms with E-state index in [0.717, 1.165) is 38.5 Å². The number of unbranched alkanes of at least 4 members (excludes halogenated alkanes) is 27. The highest BCUT2D eigenvalue weighted by molar-refractivity contribution is 5.95. The van der Waals surface area contributed by atoms with E-state index in [9.17, 15) is 15.0 Å². The summed E-state index contributed by atoms with van der Waals surface area (Å²) < 4.78 is 19.2. The molecule has 0 aliphatic heterocycles. The van der Waals surface area contributed by atoms with Gasteiger partial charge in [-0.25, -0.2) is 0 Å². The molecule has 310 valence electrons. The number of rotatable bonds is 40. The van der Waals surface area contributed by atoms with Gasteiger partial charge in [-0.1, -0.05) is 194 Å². The summed E-state index contributed by atoms with van der Waals surface area (Å²) in [6, 6.07) is 2.74. The average molecular weight is 748 g/mol. The van der Waals surface area contributed by atoms with Gasteiger partial charge in [0.05, 0.1) is 39.1 Å². The van der Waals surface area contributed by atoms with Crippen molar-refractivity contribution in [2.24, 2.45) is 0 Å². The maximum atomic E-state index is 13.3. The van der Waals surface area contributed by atoms with Gasteiger partial charge in [-0.2, -0.15) is 0 Å². The highest BCUT2D eigenvalue weighted by atomic mass is 16.5. The van der Waals surface area contributed by atoms with Gasteiger partial charge in [0, 0.05) is 5.56 Å². The van der Waals surface area contributed by atoms with Crippen LogP contribution in [0.4, 0.5) is 0 Å². The number of benzene rings is 1. The standard InChI is InChI=1S/C46H85NO6/c1-4-7-10-13-16-19-22-25-28-31-34-51-43-37-41(46(50)47-42(39-48)40-49)38-44(52-35-32-29-26-23-20-17-14-11-8-5-2)45(43)53-36-33-30-27-24-21-18-15-12-9-6-3/h37-38,42,48-49H,4-36,39-40H2,1-3H3,(H,47,50). The summed E-state index contributed by atoms with van der Waals surface area (Å²) in [4.78, 5) is 13.3. The quantitative estimate of drug-likeness (QED) is 0.0578. The molecule has 0 unspecified atom stereocenters. The van der Waals surface area contributed by atoms with Crippen LogP contribution in [0.2, 0.25) is 0 Å². The Morgan fingerprint density at radius 3 is 1.06 bits per heavy atom. The van der Waals surface area contributed by atoms with Crippen molar-refractivity contribution >= 4 is 5.91 Å². The lowest BCUT2D eigenvalue weighted by Crippen LogP contribution is -2.40. The average Bonchev–Trinajstić information content (AvgIpc) is 3.17. The minimum atomic E-state index is -0.734. The Hall–Kier alpha value is -1.99. The minimum absolute atomic E-state index is 0.341. The number of amides is 1. The topological polar surface area (TPSA) is 97.3 Å². The van der Waals surface area contributed by atoms with Crippen molar-refractivity contribution < 1.29 is 29.2 Å². The fourth-order valence-electron chi connectivity index (χ4n) is 6.79. The first-order valence-corrected chi connectivity index (χ1v) is 22.7. The molecule has 0 saturated heterocycles. The first kappa shape index (κ1) is 49.0. The Morgan fingerprint density at radius 1 is 0.472 bits per heavy atom. The van der Waals surface area contributed by atoms with Gasteiger partial charge in [0.2, 0.25) is 5.75 Å². The Labute approximate surface area is 327 Å². The number of carbonyl (C=O) groups is 1. The summed E-state index contributed by atoms with van der Waals surface area (Å²) in [5, 5.41) is 21.9. The minimum Gasteiger partial charge on any atom is -0.490 e. The van der Waals surface area contributed by atoms with Crippen LogP contribution in [0.3, 0.4) is 0 Å². The normalized spacial score (nSPS) is 11.4. The lowest BCUT2D eigenvalue weighted by atomic mass is 10.1. The smallest absolute Gasteiger partial charge is 0.251 e. The van der Waals surface area contributed by atoms with Gasteiger partial charge in [0.25, 0.3) is 5.91 Å². The van der Waals surface area contributed by atoms with Gasteiger partial charge in [-0.05, 0) is 31.4 Å². The summed E-state index contributed by atoms with van der Waals surface area (Å²) in [5.74, 6) is 1.26. The fourth-order valence-corrected chi connectivity index (χ4v) is 6.79. The Bertz CT molecular complexity index is 905. The molecule has 0 radical (unpaired) electrons. The van der Waals surface area contributed by atoms with E-state index in [1.807, 2.05) is 0 Å². The lowest BCUT2D eigenvalue weighted by Gasteiger charge is -2.20. The molecule has 0 aliphatic carbocycles. The van der Waals surface area contributed by atoms with E-state index in [1.54, 1.807) is 12.1 Å². The van der Waals surface area contributed by atoms with Crippen LogP contribution in [-0.4, -0.2) is 55.2 Å². The van der Waals surface area contributed by atoms with Crippen molar-refractivity contribution in [2.45, 2.75) is 219 Å². The summed E-state index contributed by atoms with van der Waals surface area (Å²) in [6.07, 6.45) is 37.6. The van der Waals surface area contributed by atoms with Crippen molar-refractivity contribution in [3.8, 4) is 17.2 Å². The molecular weight excluding hydrogens is 663 g/mol. The van der Waals surface area contributed by atoms with Gasteiger partial charge in [0.1, 0.15) is 0 Å². The third-order valence-electron chi connectivity index (χ3n) is 10.3. The number of ether oxygens (including phenoxy) is 3. The van der Waals surface area contributed by atoms with Gasteiger partial charge < -0.3 is 29.7 Å². The molecule has 1 aromatic rings. The van der Waals surface area contributed by atoms with Crippen LogP contribution in [0.5, 0.6) is 17.2 Å². The summed E-state index contributed by atoms with van der Waals surface area (Å²) >= 11 is 0. The van der Waals surface area contributed by atoms with E-state index >= 15 is 0 Å². The van der Waals surface area contributed by atoms with Crippen LogP contribution in [-0.2, 0) is 0 Å². The van der Waals surface area contributed by atoms with Gasteiger partial charge >= 0.3 is 0 Å². The van der Waals surface area contributed by atoms with Crippen molar-refractivity contribution in [2.75, 3.05) is 33.0 Å². The summed E-state index contributed by atoms with van der Waals surface area (Å²) in [6.45, 7) is 7.77. The van der Waals surface area contributed by atoms with E-state index in [2.05, 4.69) is 26.1 Å². The third-order valence-corrected chi connectivity index (χ3v) is 10.3. The van der Waals surface area contributed by atoms with Gasteiger partial charge in [0.15, 0.2) is 11.5 Å². The molecule has 7 nitrogen and oxygen atoms in total. The van der Waals surface area contributed by atoms with Crippen LogP contribution < -0.4 is 19.5 Å². The number of hydrogen-bond donors (Lipinski definition) is 3. The van der Waals surface area contributed by atoms with E-state index in [0.29, 0.717) is 42.6 Å². The molecule has 0 aromatic heterocycles. The highest BCUT2D eigenvalue weighted by Gasteiger charge is 2.21. The number of aliphatic hydroxyl groups is 2. The second-order valence-electron chi connectivity index (χ2n) is 15.4. The zero-order chi connectivity index (χ0) is 38.5. The monoisotopic (exact) mass is 748 g/mol. The van der Waals surface area contributed by atoms with Gasteiger partial charge in [-0.15, -0.1) is 0 Å². The second kappa shape index (κ2) is 37.0. The van der Waals surface area contributed by atoms with Crippen LogP contribution in [0.1, 0.15) is 224 Å². The number of hydrogen-bond acceptors (Lipinski definition) is 6. The molecule has 0 aliphatic rings. The molecule has 3 N–H and O–H groups in total. The molecule has 0 atom stereocenters. The molecule has 0 spiro atoms. The fraction of sp³-hybridized carbons (Fsp3) is 0.848. The van der Waals surface area contributed by atoms with Gasteiger partial charge in [-0.3, -0.25) is 4.79 Å². The van der Waals surface area contributed by atoms with Crippen LogP contribution in [0.25, 0.3) is 0 Å². The molecule has 1 rings (SSSR count). The third kappa shape index (κ3) is 27.3. The zero-order valence-electron chi connectivity index (χ0n) is 35.0. The Kier molecular flexibility index (Phi) is 34.2. The maximum absolute atomic E-state index is 13.3. The zero-order valence-corrected chi connectivity index (χ0v) is 35.0. The first-order valence-electron chi connectivity index (χ1n) is 22.7. The molecule has 0 bridgehead atoms. The predicted octanol–water partition coefficient (Wildman–Crippen LogP) is 12.7. The van der Waals surface area contributed by atoms with Crippen LogP contribution in [0, 0.1) is 0 Å². The lowest BCUT2D eigenvalue weighted by molar-refractivity contribution is 0.0878. The molecule has 0 saturated carbocycles. The second-order valence-corrected chi connectivity index (χ2v) is 15.4. The molecule has 1 aromatic carbocycles. The largest absolute Gasteiger partial charge is 0.490 e. The molecule has 0 heterocycles. The molecule has 53 heavy (non-hydrogen) atoms. The maximum Gasteiger partial charge on any atom is 0.251 e. The Balaban J connectivity index is 2.86. The SMILES string of the molecule is CCCCCCCCCCCCOc1cc(C(=O)NC(CO)CO)cc(OCCCCCCCCCCCC)c1OCCCCCCCCCCCC. The number of aliphatic hydroxyl groups excluding tert-OH is 2. The highest BCUT2D eigenvalue weighted by Crippen LogP contribution is 2.40. The van der Waals surface area contributed by atoms with Crippen molar-refractivity contribution in [1.82, 2.24) is 5.32 Å². The van der Waals surface area contributed by atoms with E-state index in [1.165, 1.54) is 154 Å². The molecule has 1 amide bonds. The number of nitrogens with one attached hydrogen (secondary N) is 1. The molecular formula is C46H85NO6. The van der Waals surface area contributed by atoms with Crippen molar-refractivity contribution in [1.29, 1.82) is 0 Å². The van der Waals surface area contributed by atoms with E-state index in [4.69, 9.17) is 14.2 Å². The van der Waals surface area contributed by atoms with E-state index < -0.39 is 6.04 Å². The summed E-state index contributed by atoms with van der Waals surface area (Å²) in [5.41, 5.74) is 0.374. The van der Waals surface area contributed by atoms with Crippen LogP contribution in [0.15, 0.2) is 12.1 Å². The molecule has 0 fully saturated rings. The van der Waals surface area contributed by atoms with Crippen molar-refractivity contribution in [3.05, 3.63) is 17.7 Å². The predicted molar refractivity (Wildman–Crippen MR) is 224 cm³/mol. The first-order chi connectivity index (χ1) is 26.1. The number of carbonyl (C=O) groups excluding carboxylic acids is 1. The van der Waals surface area contributed by atoms with Crippen molar-refractivity contribution in [3.63, 3.8) is 0 Å². The van der Waals surface area contributed by atoms with Crippen LogP contribution >= 0.6 is 0 Å².